The number of hydrogen-bond donors (Lipinski definition) is 0. The predicted octanol–water partition coefficient (Wildman–Crippen LogP) is 0.0361. The average Bonchev–Trinajstić information content (AvgIpc) is 0.918. The molecule has 0 saturated heterocycles. The summed E-state index contributed by atoms with van der Waals surface area (Å²) in [7, 11) is 0. The van der Waals surface area contributed by atoms with Crippen molar-refractivity contribution < 1.29 is 9.90 Å². The molecule has 0 bridgehead atoms. The van der Waals surface area contributed by atoms with Gasteiger partial charge in [0, 0.05) is 0 Å². The molecule has 0 heterocycles. The standard InChI is InChI=1S/Al.Ca.2FH.3H/h;;2*1H;;;/q2*+2;;;;2*-1/p-2. The Balaban J connectivity index is -0.00000000667. The fourth-order valence-corrected chi connectivity index (χ4v) is 0. The Bertz CT molecular complexity index is 11.5. The van der Waals surface area contributed by atoms with Crippen molar-refractivity contribution in [1.82, 2.24) is 0 Å². The van der Waals surface area contributed by atoms with E-state index in [2.05, 4.69) is 0 Å². The van der Waals surface area contributed by atoms with E-state index in [9.17, 15) is 7.05 Å². The van der Waals surface area contributed by atoms with Crippen LogP contribution in [0.5, 0.6) is 0 Å². The van der Waals surface area contributed by atoms with E-state index < -0.39 is 16.1 Å². The topological polar surface area (TPSA) is 0 Å². The molecule has 0 spiro atoms. The smallest absolute Gasteiger partial charge is 1.00 e. The second-order valence-corrected chi connectivity index (χ2v) is 0.303. The molecule has 0 nitrogen and oxygen atoms in total. The summed E-state index contributed by atoms with van der Waals surface area (Å²) in [6.07, 6.45) is 0. The predicted molar refractivity (Wildman–Crippen MR) is 17.3 cm³/mol. The van der Waals surface area contributed by atoms with Gasteiger partial charge < -0.3 is 9.90 Å². The molecule has 0 aliphatic carbocycles. The van der Waals surface area contributed by atoms with Gasteiger partial charge in [-0.1, -0.05) is 0 Å². The summed E-state index contributed by atoms with van der Waals surface area (Å²) >= 11 is -2.58. The third kappa shape index (κ3) is 9.41. The molecule has 4 heavy (non-hydrogen) atoms. The first-order chi connectivity index (χ1) is 1.41. The molecule has 0 aliphatic rings. The largest absolute Gasteiger partial charge is 2.00 e. The van der Waals surface area contributed by atoms with Crippen LogP contribution < -0.4 is 0 Å². The molecule has 0 aliphatic heterocycles. The van der Waals surface area contributed by atoms with Gasteiger partial charge in [0.25, 0.3) is 0 Å². The fourth-order valence-electron chi connectivity index (χ4n) is 0. The average molecular weight is 108 g/mol. The van der Waals surface area contributed by atoms with Gasteiger partial charge in [-0.3, -0.25) is 0 Å². The minimum atomic E-state index is -2.58. The van der Waals surface area contributed by atoms with Crippen molar-refractivity contribution in [3.8, 4) is 0 Å². The van der Waals surface area contributed by atoms with E-state index in [1.54, 1.807) is 0 Å². The Kier molecular flexibility index (Phi) is 20.2. The first-order valence-electron chi connectivity index (χ1n) is 0.535. The van der Waals surface area contributed by atoms with Crippen LogP contribution in [0.2, 0.25) is 0 Å². The minimum Gasteiger partial charge on any atom is -1.00 e. The van der Waals surface area contributed by atoms with E-state index in [1.807, 2.05) is 0 Å². The van der Waals surface area contributed by atoms with Crippen molar-refractivity contribution >= 4 is 53.9 Å². The van der Waals surface area contributed by atoms with Gasteiger partial charge in [0.2, 0.25) is 0 Å². The minimum absolute atomic E-state index is 0. The van der Waals surface area contributed by atoms with Crippen molar-refractivity contribution in [3.63, 3.8) is 0 Å². The van der Waals surface area contributed by atoms with Crippen LogP contribution in [0.1, 0.15) is 2.85 Å². The Morgan fingerprint density at radius 2 is 1.50 bits per heavy atom. The van der Waals surface area contributed by atoms with Gasteiger partial charge in [-0.05, 0) is 0 Å². The quantitative estimate of drug-likeness (QED) is 0.384. The van der Waals surface area contributed by atoms with Gasteiger partial charge in [-0.15, -0.1) is 0 Å². The maximum Gasteiger partial charge on any atom is 2.00 e. The van der Waals surface area contributed by atoms with Gasteiger partial charge in [-0.25, -0.2) is 0 Å². The molecular formula is H3AlCaF2. The Morgan fingerprint density at radius 1 is 1.50 bits per heavy atom. The molecule has 0 aromatic rings. The summed E-state index contributed by atoms with van der Waals surface area (Å²) in [6.45, 7) is 0. The van der Waals surface area contributed by atoms with Gasteiger partial charge in [0.05, 0.1) is 0 Å². The molecule has 0 unspecified atom stereocenters. The van der Waals surface area contributed by atoms with Crippen LogP contribution in [0.4, 0.5) is 7.05 Å². The molecule has 0 aromatic heterocycles. The zero-order valence-electron chi connectivity index (χ0n) is 4.17. The molecule has 0 rings (SSSR count). The number of rotatable bonds is 0. The fraction of sp³-hybridized carbons (Fsp3) is 0. The summed E-state index contributed by atoms with van der Waals surface area (Å²) in [6, 6.07) is 0. The van der Waals surface area contributed by atoms with Crippen LogP contribution in [0.3, 0.4) is 0 Å². The molecule has 0 N–H and O–H groups in total. The molecule has 0 saturated carbocycles. The molecule has 0 atom stereocenters. The third-order valence-corrected chi connectivity index (χ3v) is 0. The number of hydrogen-bond acceptors (Lipinski definition) is 0. The van der Waals surface area contributed by atoms with Gasteiger partial charge in [-0.2, -0.15) is 0 Å². The third-order valence-electron chi connectivity index (χ3n) is 0. The van der Waals surface area contributed by atoms with Crippen LogP contribution >= 0.6 is 0 Å². The molecule has 4 heteroatoms. The first kappa shape index (κ1) is 9.17. The molecule has 0 amide bonds. The first-order valence-corrected chi connectivity index (χ1v) is 1.60. The van der Waals surface area contributed by atoms with Crippen LogP contribution in [0, 0.1) is 0 Å². The summed E-state index contributed by atoms with van der Waals surface area (Å²) in [4.78, 5) is 0. The zero-order valence-corrected chi connectivity index (χ0v) is 5.79. The summed E-state index contributed by atoms with van der Waals surface area (Å²) in [5.74, 6) is 0. The van der Waals surface area contributed by atoms with E-state index in [0.29, 0.717) is 0 Å². The van der Waals surface area contributed by atoms with E-state index in [4.69, 9.17) is 0 Å². The van der Waals surface area contributed by atoms with Gasteiger partial charge >= 0.3 is 53.9 Å². The van der Waals surface area contributed by atoms with Crippen molar-refractivity contribution in [2.45, 2.75) is 0 Å². The molecule has 0 aromatic carbocycles. The van der Waals surface area contributed by atoms with E-state index in [1.165, 1.54) is 0 Å². The second-order valence-electron chi connectivity index (χ2n) is 0.101. The molecule has 0 radical (unpaired) electrons. The maximum absolute atomic E-state index is 9.76. The van der Waals surface area contributed by atoms with Gasteiger partial charge in [0.1, 0.15) is 0 Å². The SMILES string of the molecule is [Ca+2].[F][AlH][F].[H-].[H-]. The summed E-state index contributed by atoms with van der Waals surface area (Å²) in [5.41, 5.74) is 0. The van der Waals surface area contributed by atoms with Crippen molar-refractivity contribution in [3.05, 3.63) is 0 Å². The second kappa shape index (κ2) is 8.82. The molecular weight excluding hydrogens is 105 g/mol. The van der Waals surface area contributed by atoms with Crippen LogP contribution in [0.15, 0.2) is 0 Å². The van der Waals surface area contributed by atoms with Crippen molar-refractivity contribution in [2.75, 3.05) is 0 Å². The van der Waals surface area contributed by atoms with E-state index >= 15 is 0 Å². The molecule has 22 valence electrons. The Hall–Kier alpha value is 1.65. The van der Waals surface area contributed by atoms with Crippen molar-refractivity contribution in [2.24, 2.45) is 0 Å². The summed E-state index contributed by atoms with van der Waals surface area (Å²) < 4.78 is 19.5. The van der Waals surface area contributed by atoms with Crippen LogP contribution in [-0.4, -0.2) is 53.9 Å². The maximum atomic E-state index is 9.76. The summed E-state index contributed by atoms with van der Waals surface area (Å²) in [5, 5.41) is 0. The Morgan fingerprint density at radius 3 is 1.50 bits per heavy atom. The van der Waals surface area contributed by atoms with Gasteiger partial charge in [0.15, 0.2) is 0 Å². The van der Waals surface area contributed by atoms with E-state index in [0.717, 1.165) is 0 Å². The Labute approximate surface area is 63.2 Å². The van der Waals surface area contributed by atoms with Crippen LogP contribution in [0.25, 0.3) is 0 Å². The van der Waals surface area contributed by atoms with E-state index in [-0.39, 0.29) is 40.6 Å². The van der Waals surface area contributed by atoms with Crippen LogP contribution in [-0.2, 0) is 0 Å². The number of halogens is 2. The van der Waals surface area contributed by atoms with Crippen molar-refractivity contribution in [1.29, 1.82) is 0 Å². The molecule has 0 fully saturated rings. The monoisotopic (exact) mass is 108 g/mol. The normalized spacial score (nSPS) is 3.50. The zero-order chi connectivity index (χ0) is 2.71.